The number of rotatable bonds is 6. The molecule has 1 aromatic carbocycles. The maximum absolute atomic E-state index is 5.90. The van der Waals surface area contributed by atoms with Crippen molar-refractivity contribution in [2.24, 2.45) is 0 Å². The van der Waals surface area contributed by atoms with Crippen LogP contribution in [0.2, 0.25) is 5.02 Å². The highest BCUT2D eigenvalue weighted by atomic mass is 35.5. The number of halogens is 1. The fourth-order valence-electron chi connectivity index (χ4n) is 1.78. The second-order valence-corrected chi connectivity index (χ2v) is 5.16. The van der Waals surface area contributed by atoms with Crippen LogP contribution in [-0.4, -0.2) is 15.3 Å². The molecule has 0 saturated carbocycles. The molecule has 1 aromatic heterocycles. The monoisotopic (exact) mass is 281 g/mol. The van der Waals surface area contributed by atoms with Crippen LogP contribution in [0.3, 0.4) is 0 Å². The molecule has 2 rings (SSSR count). The highest BCUT2D eigenvalue weighted by Gasteiger charge is 2.14. The summed E-state index contributed by atoms with van der Waals surface area (Å²) in [5.41, 5.74) is 2.27. The number of nitrogens with zero attached hydrogens (tertiary/aromatic N) is 2. The van der Waals surface area contributed by atoms with Gasteiger partial charge in [0.15, 0.2) is 0 Å². The van der Waals surface area contributed by atoms with Crippen LogP contribution in [0, 0.1) is 0 Å². The van der Waals surface area contributed by atoms with E-state index in [-0.39, 0.29) is 6.04 Å². The molecule has 1 atom stereocenters. The highest BCUT2D eigenvalue weighted by molar-refractivity contribution is 6.99. The van der Waals surface area contributed by atoms with Crippen molar-refractivity contribution in [2.75, 3.05) is 6.54 Å². The number of nitrogens with one attached hydrogen (secondary N) is 1. The normalized spacial score (nSPS) is 12.6. The van der Waals surface area contributed by atoms with Gasteiger partial charge in [-0.25, -0.2) is 0 Å². The van der Waals surface area contributed by atoms with E-state index in [1.54, 1.807) is 0 Å². The zero-order valence-corrected chi connectivity index (χ0v) is 11.8. The fraction of sp³-hybridized carbons (Fsp3) is 0.385. The first-order chi connectivity index (χ1) is 8.79. The minimum atomic E-state index is 0.227. The van der Waals surface area contributed by atoms with Gasteiger partial charge in [-0.2, -0.15) is 8.75 Å². The Morgan fingerprint density at radius 1 is 1.33 bits per heavy atom. The zero-order valence-electron chi connectivity index (χ0n) is 10.3. The number of hydrogen-bond acceptors (Lipinski definition) is 4. The Bertz CT molecular complexity index is 456. The van der Waals surface area contributed by atoms with Crippen molar-refractivity contribution in [2.45, 2.75) is 25.8 Å². The molecule has 0 fully saturated rings. The van der Waals surface area contributed by atoms with Crippen LogP contribution in [0.15, 0.2) is 30.5 Å². The summed E-state index contributed by atoms with van der Waals surface area (Å²) in [6, 6.07) is 8.19. The largest absolute Gasteiger partial charge is 0.308 e. The molecule has 18 heavy (non-hydrogen) atoms. The average Bonchev–Trinajstić information content (AvgIpc) is 2.90. The van der Waals surface area contributed by atoms with E-state index < -0.39 is 0 Å². The summed E-state index contributed by atoms with van der Waals surface area (Å²) >= 11 is 7.15. The molecule has 3 nitrogen and oxygen atoms in total. The maximum atomic E-state index is 5.90. The summed E-state index contributed by atoms with van der Waals surface area (Å²) in [5.74, 6) is 0. The minimum absolute atomic E-state index is 0.227. The van der Waals surface area contributed by atoms with E-state index in [2.05, 4.69) is 33.1 Å². The molecule has 0 aliphatic rings. The third kappa shape index (κ3) is 3.77. The molecular formula is C13H16ClN3S. The first kappa shape index (κ1) is 13.5. The molecule has 1 heterocycles. The quantitative estimate of drug-likeness (QED) is 0.881. The van der Waals surface area contributed by atoms with Crippen molar-refractivity contribution in [1.29, 1.82) is 0 Å². The van der Waals surface area contributed by atoms with Crippen LogP contribution in [0.5, 0.6) is 0 Å². The van der Waals surface area contributed by atoms with Crippen molar-refractivity contribution >= 4 is 23.3 Å². The fourth-order valence-corrected chi connectivity index (χ4v) is 2.38. The Hall–Kier alpha value is -0.970. The summed E-state index contributed by atoms with van der Waals surface area (Å²) in [6.45, 7) is 3.14. The van der Waals surface area contributed by atoms with Crippen LogP contribution in [0.1, 0.15) is 30.6 Å². The third-order valence-corrected chi connectivity index (χ3v) is 3.47. The second-order valence-electron chi connectivity index (χ2n) is 4.17. The van der Waals surface area contributed by atoms with Gasteiger partial charge in [-0.05, 0) is 37.1 Å². The Labute approximate surface area is 117 Å². The lowest BCUT2D eigenvalue weighted by Crippen LogP contribution is -2.24. The van der Waals surface area contributed by atoms with Gasteiger partial charge in [-0.3, -0.25) is 0 Å². The van der Waals surface area contributed by atoms with Crippen molar-refractivity contribution in [3.05, 3.63) is 46.7 Å². The highest BCUT2D eigenvalue weighted by Crippen LogP contribution is 2.18. The summed E-state index contributed by atoms with van der Waals surface area (Å²) < 4.78 is 8.40. The number of benzene rings is 1. The lowest BCUT2D eigenvalue weighted by molar-refractivity contribution is 0.521. The summed E-state index contributed by atoms with van der Waals surface area (Å²) in [4.78, 5) is 0. The van der Waals surface area contributed by atoms with E-state index in [1.165, 1.54) is 17.3 Å². The lowest BCUT2D eigenvalue weighted by Gasteiger charge is -2.16. The standard InChI is InChI=1S/C13H16ClN3S/c1-2-7-15-12(13-9-16-18-17-13)8-10-3-5-11(14)6-4-10/h3-6,9,12,15H,2,7-8H2,1H3. The van der Waals surface area contributed by atoms with Gasteiger partial charge in [0, 0.05) is 5.02 Å². The molecule has 0 radical (unpaired) electrons. The molecule has 0 amide bonds. The first-order valence-electron chi connectivity index (χ1n) is 6.05. The first-order valence-corrected chi connectivity index (χ1v) is 7.15. The van der Waals surface area contributed by atoms with Crippen molar-refractivity contribution < 1.29 is 0 Å². The Balaban J connectivity index is 2.07. The van der Waals surface area contributed by atoms with Crippen molar-refractivity contribution in [1.82, 2.24) is 14.1 Å². The Morgan fingerprint density at radius 3 is 2.72 bits per heavy atom. The lowest BCUT2D eigenvalue weighted by atomic mass is 10.0. The Morgan fingerprint density at radius 2 is 2.11 bits per heavy atom. The molecule has 0 saturated heterocycles. The van der Waals surface area contributed by atoms with Crippen LogP contribution >= 0.6 is 23.3 Å². The third-order valence-electron chi connectivity index (χ3n) is 2.73. The average molecular weight is 282 g/mol. The molecule has 0 bridgehead atoms. The molecule has 1 unspecified atom stereocenters. The van der Waals surface area contributed by atoms with Gasteiger partial charge < -0.3 is 5.32 Å². The molecule has 96 valence electrons. The van der Waals surface area contributed by atoms with Crippen molar-refractivity contribution in [3.63, 3.8) is 0 Å². The van der Waals surface area contributed by atoms with Gasteiger partial charge in [0.1, 0.15) is 0 Å². The topological polar surface area (TPSA) is 37.8 Å². The zero-order chi connectivity index (χ0) is 12.8. The van der Waals surface area contributed by atoms with Crippen LogP contribution in [0.25, 0.3) is 0 Å². The van der Waals surface area contributed by atoms with Gasteiger partial charge >= 0.3 is 0 Å². The Kier molecular flexibility index (Phi) is 5.11. The summed E-state index contributed by atoms with van der Waals surface area (Å²) in [6.07, 6.45) is 3.85. The van der Waals surface area contributed by atoms with Gasteiger partial charge in [-0.15, -0.1) is 0 Å². The van der Waals surface area contributed by atoms with Gasteiger partial charge in [0.25, 0.3) is 0 Å². The summed E-state index contributed by atoms with van der Waals surface area (Å²) in [5, 5.41) is 4.28. The SMILES string of the molecule is CCCNC(Cc1ccc(Cl)cc1)c1cnsn1. The smallest absolute Gasteiger partial charge is 0.0915 e. The molecule has 1 N–H and O–H groups in total. The van der Waals surface area contributed by atoms with E-state index in [0.29, 0.717) is 0 Å². The molecular weight excluding hydrogens is 266 g/mol. The van der Waals surface area contributed by atoms with Gasteiger partial charge in [0.05, 0.1) is 29.7 Å². The predicted octanol–water partition coefficient (Wildman–Crippen LogP) is 3.47. The van der Waals surface area contributed by atoms with E-state index in [4.69, 9.17) is 11.6 Å². The summed E-state index contributed by atoms with van der Waals surface area (Å²) in [7, 11) is 0. The van der Waals surface area contributed by atoms with Gasteiger partial charge in [0.2, 0.25) is 0 Å². The second kappa shape index (κ2) is 6.83. The van der Waals surface area contributed by atoms with Gasteiger partial charge in [-0.1, -0.05) is 30.7 Å². The van der Waals surface area contributed by atoms with E-state index >= 15 is 0 Å². The predicted molar refractivity (Wildman–Crippen MR) is 76.1 cm³/mol. The number of aromatic nitrogens is 2. The van der Waals surface area contributed by atoms with E-state index in [9.17, 15) is 0 Å². The van der Waals surface area contributed by atoms with Crippen LogP contribution in [-0.2, 0) is 6.42 Å². The van der Waals surface area contributed by atoms with Crippen LogP contribution < -0.4 is 5.32 Å². The molecule has 0 spiro atoms. The van der Waals surface area contributed by atoms with Crippen LogP contribution in [0.4, 0.5) is 0 Å². The minimum Gasteiger partial charge on any atom is -0.308 e. The molecule has 0 aliphatic heterocycles. The molecule has 0 aliphatic carbocycles. The van der Waals surface area contributed by atoms with Crippen molar-refractivity contribution in [3.8, 4) is 0 Å². The van der Waals surface area contributed by atoms with E-state index in [0.717, 1.165) is 30.1 Å². The maximum Gasteiger partial charge on any atom is 0.0915 e. The molecule has 5 heteroatoms. The molecule has 2 aromatic rings. The number of hydrogen-bond donors (Lipinski definition) is 1. The van der Waals surface area contributed by atoms with E-state index in [1.807, 2.05) is 18.3 Å².